The summed E-state index contributed by atoms with van der Waals surface area (Å²) in [7, 11) is 0. The molecule has 1 unspecified atom stereocenters. The molecule has 22 heavy (non-hydrogen) atoms. The van der Waals surface area contributed by atoms with Crippen LogP contribution in [0.2, 0.25) is 0 Å². The lowest BCUT2D eigenvalue weighted by Gasteiger charge is -2.30. The number of ether oxygens (including phenoxy) is 2. The van der Waals surface area contributed by atoms with E-state index >= 15 is 0 Å². The minimum atomic E-state index is -1.15. The summed E-state index contributed by atoms with van der Waals surface area (Å²) >= 11 is 0. The monoisotopic (exact) mass is 311 g/mol. The van der Waals surface area contributed by atoms with Gasteiger partial charge in [0.2, 0.25) is 0 Å². The maximum atomic E-state index is 12.3. The summed E-state index contributed by atoms with van der Waals surface area (Å²) in [5.74, 6) is 0. The Morgan fingerprint density at radius 3 is 2.45 bits per heavy atom. The van der Waals surface area contributed by atoms with E-state index in [0.717, 1.165) is 5.56 Å². The molecule has 0 aliphatic rings. The number of carbonyl (C=O) groups is 1. The predicted molar refractivity (Wildman–Crippen MR) is 82.1 cm³/mol. The third-order valence-corrected chi connectivity index (χ3v) is 2.69. The molecule has 0 aliphatic carbocycles. The second-order valence-corrected chi connectivity index (χ2v) is 5.87. The summed E-state index contributed by atoms with van der Waals surface area (Å²) in [6.07, 6.45) is -1.77. The van der Waals surface area contributed by atoms with Crippen molar-refractivity contribution in [3.05, 3.63) is 35.9 Å². The van der Waals surface area contributed by atoms with Crippen LogP contribution in [-0.4, -0.2) is 52.9 Å². The largest absolute Gasteiger partial charge is 0.444 e. The smallest absolute Gasteiger partial charge is 0.412 e. The predicted octanol–water partition coefficient (Wildman–Crippen LogP) is 1.75. The van der Waals surface area contributed by atoms with Gasteiger partial charge in [0.05, 0.1) is 26.4 Å². The Hall–Kier alpha value is -1.63. The average molecular weight is 311 g/mol. The van der Waals surface area contributed by atoms with Gasteiger partial charge in [-0.1, -0.05) is 30.3 Å². The molecule has 1 amide bonds. The average Bonchev–Trinajstić information content (AvgIpc) is 2.44. The molecule has 0 fully saturated rings. The maximum absolute atomic E-state index is 12.3. The fraction of sp³-hybridized carbons (Fsp3) is 0.562. The molecule has 0 heterocycles. The van der Waals surface area contributed by atoms with Crippen LogP contribution >= 0.6 is 0 Å². The molecule has 0 bridgehead atoms. The number of amides is 1. The van der Waals surface area contributed by atoms with Crippen molar-refractivity contribution in [2.24, 2.45) is 0 Å². The van der Waals surface area contributed by atoms with Crippen LogP contribution in [0.25, 0.3) is 0 Å². The van der Waals surface area contributed by atoms with Crippen LogP contribution in [0.15, 0.2) is 30.3 Å². The lowest BCUT2D eigenvalue weighted by Crippen LogP contribution is -2.45. The number of rotatable bonds is 7. The summed E-state index contributed by atoms with van der Waals surface area (Å²) in [4.78, 5) is 13.5. The van der Waals surface area contributed by atoms with E-state index in [1.165, 1.54) is 4.90 Å². The molecule has 0 saturated heterocycles. The molecule has 1 atom stereocenters. The lowest BCUT2D eigenvalue weighted by molar-refractivity contribution is -0.0727. The van der Waals surface area contributed by atoms with E-state index in [-0.39, 0.29) is 26.4 Å². The number of hydrogen-bond acceptors (Lipinski definition) is 5. The van der Waals surface area contributed by atoms with Gasteiger partial charge in [0, 0.05) is 0 Å². The summed E-state index contributed by atoms with van der Waals surface area (Å²) in [5, 5.41) is 18.9. The van der Waals surface area contributed by atoms with Crippen molar-refractivity contribution in [3.8, 4) is 0 Å². The molecule has 1 aromatic rings. The van der Waals surface area contributed by atoms with Crippen LogP contribution in [0.5, 0.6) is 0 Å². The van der Waals surface area contributed by atoms with Crippen molar-refractivity contribution in [2.75, 3.05) is 19.8 Å². The first-order chi connectivity index (χ1) is 10.3. The summed E-state index contributed by atoms with van der Waals surface area (Å²) in [6.45, 7) is 5.37. The molecule has 6 heteroatoms. The summed E-state index contributed by atoms with van der Waals surface area (Å²) in [6, 6.07) is 9.31. The lowest BCUT2D eigenvalue weighted by atomic mass is 10.2. The molecule has 2 N–H and O–H groups in total. The van der Waals surface area contributed by atoms with E-state index < -0.39 is 17.9 Å². The van der Waals surface area contributed by atoms with Crippen molar-refractivity contribution in [3.63, 3.8) is 0 Å². The molecular weight excluding hydrogens is 286 g/mol. The quantitative estimate of drug-likeness (QED) is 0.592. The maximum Gasteiger partial charge on any atom is 0.412 e. The van der Waals surface area contributed by atoms with E-state index in [0.29, 0.717) is 0 Å². The SMILES string of the molecule is CC(C)(C)OC(=O)N(Cc1ccccc1)C(O)COCCO. The van der Waals surface area contributed by atoms with E-state index in [9.17, 15) is 9.90 Å². The van der Waals surface area contributed by atoms with Gasteiger partial charge in [-0.25, -0.2) is 4.79 Å². The minimum Gasteiger partial charge on any atom is -0.444 e. The van der Waals surface area contributed by atoms with E-state index in [1.54, 1.807) is 20.8 Å². The number of nitrogens with zero attached hydrogens (tertiary/aromatic N) is 1. The Morgan fingerprint density at radius 2 is 1.91 bits per heavy atom. The van der Waals surface area contributed by atoms with E-state index in [1.807, 2.05) is 30.3 Å². The number of benzene rings is 1. The Balaban J connectivity index is 2.77. The van der Waals surface area contributed by atoms with Crippen LogP contribution in [0.1, 0.15) is 26.3 Å². The van der Waals surface area contributed by atoms with Crippen LogP contribution in [0.3, 0.4) is 0 Å². The van der Waals surface area contributed by atoms with Crippen molar-refractivity contribution in [1.82, 2.24) is 4.90 Å². The van der Waals surface area contributed by atoms with Gasteiger partial charge in [0.1, 0.15) is 5.60 Å². The van der Waals surface area contributed by atoms with Gasteiger partial charge in [-0.05, 0) is 26.3 Å². The Kier molecular flexibility index (Phi) is 7.31. The highest BCUT2D eigenvalue weighted by atomic mass is 16.6. The zero-order chi connectivity index (χ0) is 16.6. The number of aliphatic hydroxyl groups is 2. The first-order valence-electron chi connectivity index (χ1n) is 7.23. The van der Waals surface area contributed by atoms with Gasteiger partial charge in [0.15, 0.2) is 6.23 Å². The van der Waals surface area contributed by atoms with Gasteiger partial charge in [-0.15, -0.1) is 0 Å². The zero-order valence-electron chi connectivity index (χ0n) is 13.4. The Morgan fingerprint density at radius 1 is 1.27 bits per heavy atom. The fourth-order valence-corrected chi connectivity index (χ4v) is 1.74. The van der Waals surface area contributed by atoms with Crippen LogP contribution in [-0.2, 0) is 16.0 Å². The van der Waals surface area contributed by atoms with Crippen molar-refractivity contribution < 1.29 is 24.5 Å². The fourth-order valence-electron chi connectivity index (χ4n) is 1.74. The first kappa shape index (κ1) is 18.4. The van der Waals surface area contributed by atoms with Gasteiger partial charge in [-0.2, -0.15) is 0 Å². The highest BCUT2D eigenvalue weighted by Crippen LogP contribution is 2.14. The molecule has 0 aromatic heterocycles. The molecule has 0 saturated carbocycles. The standard InChI is InChI=1S/C16H25NO5/c1-16(2,3)22-15(20)17(14(19)12-21-10-9-18)11-13-7-5-4-6-8-13/h4-8,14,18-19H,9-12H2,1-3H3. The number of aliphatic hydroxyl groups excluding tert-OH is 2. The first-order valence-corrected chi connectivity index (χ1v) is 7.23. The van der Waals surface area contributed by atoms with Gasteiger partial charge < -0.3 is 19.7 Å². The van der Waals surface area contributed by atoms with Crippen LogP contribution in [0, 0.1) is 0 Å². The Bertz CT molecular complexity index is 444. The van der Waals surface area contributed by atoms with Crippen LogP contribution in [0.4, 0.5) is 4.79 Å². The molecule has 1 rings (SSSR count). The number of hydrogen-bond donors (Lipinski definition) is 2. The van der Waals surface area contributed by atoms with Crippen molar-refractivity contribution in [1.29, 1.82) is 0 Å². The summed E-state index contributed by atoms with van der Waals surface area (Å²) in [5.41, 5.74) is 0.215. The molecule has 0 spiro atoms. The van der Waals surface area contributed by atoms with E-state index in [2.05, 4.69) is 0 Å². The van der Waals surface area contributed by atoms with Crippen molar-refractivity contribution in [2.45, 2.75) is 39.1 Å². The van der Waals surface area contributed by atoms with Gasteiger partial charge in [0.25, 0.3) is 0 Å². The molecule has 0 aliphatic heterocycles. The normalized spacial score (nSPS) is 12.8. The third kappa shape index (κ3) is 6.89. The molecule has 124 valence electrons. The highest BCUT2D eigenvalue weighted by molar-refractivity contribution is 5.68. The minimum absolute atomic E-state index is 0.0906. The van der Waals surface area contributed by atoms with Crippen molar-refractivity contribution >= 4 is 6.09 Å². The zero-order valence-corrected chi connectivity index (χ0v) is 13.4. The second kappa shape index (κ2) is 8.73. The van der Waals surface area contributed by atoms with E-state index in [4.69, 9.17) is 14.6 Å². The topological polar surface area (TPSA) is 79.2 Å². The van der Waals surface area contributed by atoms with Crippen LogP contribution < -0.4 is 0 Å². The molecular formula is C16H25NO5. The molecule has 0 radical (unpaired) electrons. The third-order valence-electron chi connectivity index (χ3n) is 2.69. The van der Waals surface area contributed by atoms with Gasteiger partial charge >= 0.3 is 6.09 Å². The molecule has 1 aromatic carbocycles. The number of carbonyl (C=O) groups excluding carboxylic acids is 1. The second-order valence-electron chi connectivity index (χ2n) is 5.87. The molecule has 6 nitrogen and oxygen atoms in total. The summed E-state index contributed by atoms with van der Waals surface area (Å²) < 4.78 is 10.4. The highest BCUT2D eigenvalue weighted by Gasteiger charge is 2.27. The Labute approximate surface area is 131 Å². The van der Waals surface area contributed by atoms with Gasteiger partial charge in [-0.3, -0.25) is 4.90 Å².